The topological polar surface area (TPSA) is 73.1 Å². The molecule has 0 unspecified atom stereocenters. The number of hydrogen-bond donors (Lipinski definition) is 0. The largest absolute Gasteiger partial charge is 0.426 e. The van der Waals surface area contributed by atoms with Crippen molar-refractivity contribution in [2.45, 2.75) is 26.0 Å². The molecule has 0 atom stereocenters. The summed E-state index contributed by atoms with van der Waals surface area (Å²) < 4.78 is 7.71. The molecule has 4 rings (SSSR count). The van der Waals surface area contributed by atoms with E-state index in [1.165, 1.54) is 6.42 Å². The number of aromatic nitrogens is 4. The van der Waals surface area contributed by atoms with Crippen LogP contribution in [0.5, 0.6) is 0 Å². The first-order chi connectivity index (χ1) is 12.7. The monoisotopic (exact) mass is 415 g/mol. The van der Waals surface area contributed by atoms with Crippen LogP contribution >= 0.6 is 15.9 Å². The summed E-state index contributed by atoms with van der Waals surface area (Å²) >= 11 is 3.33. The van der Waals surface area contributed by atoms with Gasteiger partial charge in [-0.15, -0.1) is 0 Å². The van der Waals surface area contributed by atoms with Crippen molar-refractivity contribution in [2.75, 3.05) is 13.1 Å². The maximum Gasteiger partial charge on any atom is 0.411 e. The molecule has 0 aliphatic carbocycles. The van der Waals surface area contributed by atoms with Crippen molar-refractivity contribution in [1.29, 1.82) is 0 Å². The van der Waals surface area contributed by atoms with Crippen molar-refractivity contribution >= 4 is 32.9 Å². The van der Waals surface area contributed by atoms with Crippen molar-refractivity contribution < 1.29 is 9.53 Å². The van der Waals surface area contributed by atoms with Gasteiger partial charge in [0.1, 0.15) is 4.60 Å². The Balaban J connectivity index is 1.48. The molecule has 0 bridgehead atoms. The number of ether oxygens (including phenoxy) is 1. The molecule has 1 aliphatic heterocycles. The molecule has 0 saturated carbocycles. The van der Waals surface area contributed by atoms with Crippen LogP contribution in [0.25, 0.3) is 22.2 Å². The number of hydrogen-bond acceptors (Lipinski definition) is 5. The zero-order valence-corrected chi connectivity index (χ0v) is 15.7. The fraction of sp³-hybridized carbons (Fsp3) is 0.333. The van der Waals surface area contributed by atoms with Gasteiger partial charge in [-0.1, -0.05) is 12.1 Å². The summed E-state index contributed by atoms with van der Waals surface area (Å²) in [6, 6.07) is 5.91. The molecule has 0 radical (unpaired) electrons. The van der Waals surface area contributed by atoms with E-state index in [2.05, 4.69) is 31.0 Å². The van der Waals surface area contributed by atoms with Gasteiger partial charge in [-0.3, -0.25) is 4.98 Å². The molecule has 7 nitrogen and oxygen atoms in total. The lowest BCUT2D eigenvalue weighted by Crippen LogP contribution is -2.36. The second-order valence-corrected chi connectivity index (χ2v) is 7.07. The quantitative estimate of drug-likeness (QED) is 0.649. The van der Waals surface area contributed by atoms with E-state index in [1.807, 2.05) is 24.4 Å². The lowest BCUT2D eigenvalue weighted by Gasteiger charge is -2.25. The van der Waals surface area contributed by atoms with Crippen LogP contribution in [-0.2, 0) is 11.5 Å². The minimum absolute atomic E-state index is 0.107. The predicted octanol–water partition coefficient (Wildman–Crippen LogP) is 3.84. The van der Waals surface area contributed by atoms with E-state index < -0.39 is 0 Å². The molecule has 3 aromatic rings. The average Bonchev–Trinajstić information content (AvgIpc) is 3.09. The van der Waals surface area contributed by atoms with Crippen LogP contribution in [0.1, 0.15) is 19.3 Å². The first kappa shape index (κ1) is 17.0. The Bertz CT molecular complexity index is 936. The highest BCUT2D eigenvalue weighted by Crippen LogP contribution is 2.23. The number of fused-ring (bicyclic) bond motifs is 1. The predicted molar refractivity (Wildman–Crippen MR) is 100 cm³/mol. The van der Waals surface area contributed by atoms with Crippen molar-refractivity contribution in [3.63, 3.8) is 0 Å². The average molecular weight is 416 g/mol. The van der Waals surface area contributed by atoms with Crippen LogP contribution in [-0.4, -0.2) is 43.8 Å². The third-order valence-corrected chi connectivity index (χ3v) is 4.77. The number of amides is 1. The molecule has 1 aromatic carbocycles. The van der Waals surface area contributed by atoms with Crippen molar-refractivity contribution in [2.24, 2.45) is 0 Å². The molecule has 1 fully saturated rings. The maximum atomic E-state index is 12.1. The van der Waals surface area contributed by atoms with Gasteiger partial charge in [-0.25, -0.2) is 14.5 Å². The van der Waals surface area contributed by atoms with Gasteiger partial charge in [0.05, 0.1) is 23.6 Å². The molecule has 3 heterocycles. The Morgan fingerprint density at radius 2 is 2.04 bits per heavy atom. The van der Waals surface area contributed by atoms with Gasteiger partial charge in [0.25, 0.3) is 0 Å². The molecule has 1 amide bonds. The summed E-state index contributed by atoms with van der Waals surface area (Å²) in [6.07, 6.45) is 8.23. The zero-order valence-electron chi connectivity index (χ0n) is 14.1. The first-order valence-corrected chi connectivity index (χ1v) is 9.35. The number of carbonyl (C=O) groups excluding carboxylic acids is 1. The van der Waals surface area contributed by atoms with Gasteiger partial charge in [0.2, 0.25) is 0 Å². The zero-order chi connectivity index (χ0) is 17.9. The normalized spacial score (nSPS) is 14.6. The highest BCUT2D eigenvalue weighted by atomic mass is 79.9. The summed E-state index contributed by atoms with van der Waals surface area (Å²) in [6.45, 7) is 1.66. The molecule has 1 aliphatic rings. The SMILES string of the molecule is O=C(OCn1cc2ccc(-c3cncc(Br)n3)cc2n1)N1CCCCC1. The fourth-order valence-corrected chi connectivity index (χ4v) is 3.37. The van der Waals surface area contributed by atoms with Crippen LogP contribution in [0, 0.1) is 0 Å². The molecule has 26 heavy (non-hydrogen) atoms. The summed E-state index contributed by atoms with van der Waals surface area (Å²) in [5.74, 6) is 0. The third kappa shape index (κ3) is 3.70. The molecular weight excluding hydrogens is 398 g/mol. The van der Waals surface area contributed by atoms with E-state index in [0.29, 0.717) is 4.60 Å². The molecule has 0 N–H and O–H groups in total. The van der Waals surface area contributed by atoms with Gasteiger partial charge in [-0.2, -0.15) is 5.10 Å². The van der Waals surface area contributed by atoms with Crippen LogP contribution in [0.15, 0.2) is 41.4 Å². The molecular formula is C18H18BrN5O2. The van der Waals surface area contributed by atoms with Crippen LogP contribution in [0.4, 0.5) is 4.79 Å². The highest BCUT2D eigenvalue weighted by Gasteiger charge is 2.17. The molecule has 1 saturated heterocycles. The Morgan fingerprint density at radius 1 is 1.19 bits per heavy atom. The summed E-state index contributed by atoms with van der Waals surface area (Å²) in [7, 11) is 0. The van der Waals surface area contributed by atoms with E-state index in [0.717, 1.165) is 48.1 Å². The maximum absolute atomic E-state index is 12.1. The van der Waals surface area contributed by atoms with Crippen LogP contribution in [0.2, 0.25) is 0 Å². The van der Waals surface area contributed by atoms with E-state index in [1.54, 1.807) is 22.0 Å². The first-order valence-electron chi connectivity index (χ1n) is 8.56. The van der Waals surface area contributed by atoms with E-state index in [-0.39, 0.29) is 12.8 Å². The number of benzene rings is 1. The Labute approximate surface area is 159 Å². The number of halogens is 1. The van der Waals surface area contributed by atoms with Crippen molar-refractivity contribution in [1.82, 2.24) is 24.6 Å². The summed E-state index contributed by atoms with van der Waals surface area (Å²) in [5.41, 5.74) is 2.52. The molecule has 2 aromatic heterocycles. The van der Waals surface area contributed by atoms with E-state index in [4.69, 9.17) is 4.74 Å². The molecule has 134 valence electrons. The van der Waals surface area contributed by atoms with Gasteiger partial charge in [0, 0.05) is 30.2 Å². The Hall–Kier alpha value is -2.48. The van der Waals surface area contributed by atoms with Gasteiger partial charge >= 0.3 is 6.09 Å². The highest BCUT2D eigenvalue weighted by molar-refractivity contribution is 9.10. The number of nitrogens with zero attached hydrogens (tertiary/aromatic N) is 5. The van der Waals surface area contributed by atoms with E-state index >= 15 is 0 Å². The molecule has 8 heteroatoms. The number of rotatable bonds is 3. The second-order valence-electron chi connectivity index (χ2n) is 6.26. The smallest absolute Gasteiger partial charge is 0.411 e. The lowest BCUT2D eigenvalue weighted by atomic mass is 10.1. The lowest BCUT2D eigenvalue weighted by molar-refractivity contribution is 0.0661. The third-order valence-electron chi connectivity index (χ3n) is 4.39. The standard InChI is InChI=1S/C18H18BrN5O2/c19-17-10-20-9-16(21-17)13-4-5-14-11-24(22-15(14)8-13)12-26-18(25)23-6-2-1-3-7-23/h4-5,8-11H,1-3,6-7,12H2. The Morgan fingerprint density at radius 3 is 2.85 bits per heavy atom. The summed E-state index contributed by atoms with van der Waals surface area (Å²) in [4.78, 5) is 22.4. The fourth-order valence-electron chi connectivity index (χ4n) is 3.06. The number of carbonyl (C=O) groups is 1. The van der Waals surface area contributed by atoms with Gasteiger partial charge < -0.3 is 9.64 Å². The number of likely N-dealkylation sites (tertiary alicyclic amines) is 1. The summed E-state index contributed by atoms with van der Waals surface area (Å²) in [5, 5.41) is 5.48. The van der Waals surface area contributed by atoms with Crippen LogP contribution < -0.4 is 0 Å². The van der Waals surface area contributed by atoms with Crippen molar-refractivity contribution in [3.05, 3.63) is 41.4 Å². The second kappa shape index (κ2) is 7.41. The minimum Gasteiger partial charge on any atom is -0.426 e. The number of piperidine rings is 1. The van der Waals surface area contributed by atoms with Gasteiger partial charge in [-0.05, 0) is 41.3 Å². The van der Waals surface area contributed by atoms with E-state index in [9.17, 15) is 4.79 Å². The van der Waals surface area contributed by atoms with Crippen molar-refractivity contribution in [3.8, 4) is 11.3 Å². The van der Waals surface area contributed by atoms with Gasteiger partial charge in [0.15, 0.2) is 6.73 Å². The Kier molecular flexibility index (Phi) is 4.83. The molecule has 0 spiro atoms. The minimum atomic E-state index is -0.269. The van der Waals surface area contributed by atoms with Crippen LogP contribution in [0.3, 0.4) is 0 Å².